The number of benzene rings is 1. The Bertz CT molecular complexity index is 385. The summed E-state index contributed by atoms with van der Waals surface area (Å²) in [6, 6.07) is 9.97. The van der Waals surface area contributed by atoms with Crippen molar-refractivity contribution in [2.75, 3.05) is 19.6 Å². The van der Waals surface area contributed by atoms with Crippen LogP contribution in [0.1, 0.15) is 19.4 Å². The molecule has 0 saturated heterocycles. The molecule has 0 heterocycles. The molecule has 0 saturated carbocycles. The van der Waals surface area contributed by atoms with Crippen molar-refractivity contribution < 1.29 is 4.79 Å². The molecule has 0 unspecified atom stereocenters. The van der Waals surface area contributed by atoms with Gasteiger partial charge in [0.15, 0.2) is 0 Å². The number of amides is 1. The van der Waals surface area contributed by atoms with Gasteiger partial charge in [0.1, 0.15) is 0 Å². The number of carbonyl (C=O) groups excluding carboxylic acids is 1. The zero-order chi connectivity index (χ0) is 13.4. The first kappa shape index (κ1) is 14.5. The zero-order valence-electron chi connectivity index (χ0n) is 11.2. The SMILES string of the molecule is C=C(CNCC(=O)NCC(C)C)c1ccccc1. The highest BCUT2D eigenvalue weighted by molar-refractivity contribution is 5.78. The molecule has 1 rings (SSSR count). The van der Waals surface area contributed by atoms with E-state index in [0.717, 1.165) is 17.7 Å². The van der Waals surface area contributed by atoms with E-state index in [4.69, 9.17) is 0 Å². The summed E-state index contributed by atoms with van der Waals surface area (Å²) in [5, 5.41) is 5.96. The van der Waals surface area contributed by atoms with Gasteiger partial charge in [0, 0.05) is 13.1 Å². The Morgan fingerprint density at radius 2 is 1.89 bits per heavy atom. The minimum Gasteiger partial charge on any atom is -0.355 e. The lowest BCUT2D eigenvalue weighted by molar-refractivity contribution is -0.120. The predicted molar refractivity (Wildman–Crippen MR) is 76.2 cm³/mol. The van der Waals surface area contributed by atoms with Crippen molar-refractivity contribution in [1.82, 2.24) is 10.6 Å². The molecule has 0 aliphatic rings. The van der Waals surface area contributed by atoms with E-state index >= 15 is 0 Å². The van der Waals surface area contributed by atoms with Crippen LogP contribution in [0.15, 0.2) is 36.9 Å². The van der Waals surface area contributed by atoms with Gasteiger partial charge in [0.25, 0.3) is 0 Å². The largest absolute Gasteiger partial charge is 0.355 e. The lowest BCUT2D eigenvalue weighted by atomic mass is 10.1. The van der Waals surface area contributed by atoms with Gasteiger partial charge in [-0.1, -0.05) is 50.8 Å². The first-order valence-electron chi connectivity index (χ1n) is 6.30. The van der Waals surface area contributed by atoms with Crippen molar-refractivity contribution in [2.24, 2.45) is 5.92 Å². The van der Waals surface area contributed by atoms with Crippen LogP contribution in [0, 0.1) is 5.92 Å². The minimum absolute atomic E-state index is 0.0320. The van der Waals surface area contributed by atoms with Crippen LogP contribution in [0.5, 0.6) is 0 Å². The fourth-order valence-corrected chi connectivity index (χ4v) is 1.48. The molecule has 0 radical (unpaired) electrons. The van der Waals surface area contributed by atoms with Crippen LogP contribution >= 0.6 is 0 Å². The van der Waals surface area contributed by atoms with Crippen LogP contribution in [0.2, 0.25) is 0 Å². The topological polar surface area (TPSA) is 41.1 Å². The van der Waals surface area contributed by atoms with Crippen LogP contribution in [-0.4, -0.2) is 25.5 Å². The van der Waals surface area contributed by atoms with Crippen LogP contribution < -0.4 is 10.6 Å². The van der Waals surface area contributed by atoms with E-state index < -0.39 is 0 Å². The number of hydrogen-bond acceptors (Lipinski definition) is 2. The van der Waals surface area contributed by atoms with Gasteiger partial charge in [0.2, 0.25) is 5.91 Å². The summed E-state index contributed by atoms with van der Waals surface area (Å²) in [5.74, 6) is 0.512. The first-order valence-corrected chi connectivity index (χ1v) is 6.30. The zero-order valence-corrected chi connectivity index (χ0v) is 11.2. The summed E-state index contributed by atoms with van der Waals surface area (Å²) in [5.41, 5.74) is 2.10. The molecule has 0 aromatic heterocycles. The molecule has 0 aliphatic heterocycles. The lowest BCUT2D eigenvalue weighted by Gasteiger charge is -2.10. The molecule has 18 heavy (non-hydrogen) atoms. The third kappa shape index (κ3) is 5.64. The molecule has 98 valence electrons. The highest BCUT2D eigenvalue weighted by Crippen LogP contribution is 2.09. The monoisotopic (exact) mass is 246 g/mol. The third-order valence-corrected chi connectivity index (χ3v) is 2.51. The Labute approximate surface area is 109 Å². The van der Waals surface area contributed by atoms with E-state index in [1.807, 2.05) is 30.3 Å². The Kier molecular flexibility index (Phi) is 6.15. The molecule has 0 spiro atoms. The molecule has 0 atom stereocenters. The molecule has 2 N–H and O–H groups in total. The van der Waals surface area contributed by atoms with Crippen molar-refractivity contribution in [1.29, 1.82) is 0 Å². The van der Waals surface area contributed by atoms with Crippen molar-refractivity contribution in [2.45, 2.75) is 13.8 Å². The minimum atomic E-state index is 0.0320. The van der Waals surface area contributed by atoms with E-state index in [1.165, 1.54) is 0 Å². The Hall–Kier alpha value is -1.61. The summed E-state index contributed by atoms with van der Waals surface area (Å²) in [4.78, 5) is 11.5. The van der Waals surface area contributed by atoms with Crippen molar-refractivity contribution in [3.8, 4) is 0 Å². The van der Waals surface area contributed by atoms with Gasteiger partial charge in [-0.25, -0.2) is 0 Å². The Morgan fingerprint density at radius 3 is 2.50 bits per heavy atom. The van der Waals surface area contributed by atoms with Crippen molar-refractivity contribution in [3.63, 3.8) is 0 Å². The molecule has 1 aromatic rings. The number of nitrogens with one attached hydrogen (secondary N) is 2. The van der Waals surface area contributed by atoms with Gasteiger partial charge in [-0.15, -0.1) is 0 Å². The molecular formula is C15H22N2O. The second-order valence-electron chi connectivity index (χ2n) is 4.77. The molecule has 1 aromatic carbocycles. The maximum absolute atomic E-state index is 11.5. The molecular weight excluding hydrogens is 224 g/mol. The Balaban J connectivity index is 2.22. The second kappa shape index (κ2) is 7.67. The second-order valence-corrected chi connectivity index (χ2v) is 4.77. The number of carbonyl (C=O) groups is 1. The smallest absolute Gasteiger partial charge is 0.233 e. The summed E-state index contributed by atoms with van der Waals surface area (Å²) in [7, 11) is 0. The Morgan fingerprint density at radius 1 is 1.22 bits per heavy atom. The molecule has 3 nitrogen and oxygen atoms in total. The summed E-state index contributed by atoms with van der Waals surface area (Å²) in [6.07, 6.45) is 0. The van der Waals surface area contributed by atoms with Gasteiger partial charge < -0.3 is 10.6 Å². The number of rotatable bonds is 7. The maximum atomic E-state index is 11.5. The summed E-state index contributed by atoms with van der Waals surface area (Å²) < 4.78 is 0. The van der Waals surface area contributed by atoms with Crippen LogP contribution in [0.3, 0.4) is 0 Å². The lowest BCUT2D eigenvalue weighted by Crippen LogP contribution is -2.36. The summed E-state index contributed by atoms with van der Waals surface area (Å²) >= 11 is 0. The van der Waals surface area contributed by atoms with Crippen molar-refractivity contribution in [3.05, 3.63) is 42.5 Å². The van der Waals surface area contributed by atoms with Crippen molar-refractivity contribution >= 4 is 11.5 Å². The average Bonchev–Trinajstić information content (AvgIpc) is 2.37. The maximum Gasteiger partial charge on any atom is 0.233 e. The van der Waals surface area contributed by atoms with E-state index in [9.17, 15) is 4.79 Å². The van der Waals surface area contributed by atoms with E-state index in [2.05, 4.69) is 31.1 Å². The fourth-order valence-electron chi connectivity index (χ4n) is 1.48. The molecule has 1 amide bonds. The fraction of sp³-hybridized carbons (Fsp3) is 0.400. The normalized spacial score (nSPS) is 10.4. The first-order chi connectivity index (χ1) is 8.59. The molecule has 0 fully saturated rings. The van der Waals surface area contributed by atoms with Crippen LogP contribution in [0.25, 0.3) is 5.57 Å². The van der Waals surface area contributed by atoms with E-state index in [0.29, 0.717) is 19.0 Å². The van der Waals surface area contributed by atoms with Gasteiger partial charge >= 0.3 is 0 Å². The van der Waals surface area contributed by atoms with E-state index in [1.54, 1.807) is 0 Å². The van der Waals surface area contributed by atoms with Gasteiger partial charge in [-0.05, 0) is 17.1 Å². The van der Waals surface area contributed by atoms with Gasteiger partial charge in [-0.2, -0.15) is 0 Å². The van der Waals surface area contributed by atoms with Gasteiger partial charge in [-0.3, -0.25) is 4.79 Å². The van der Waals surface area contributed by atoms with E-state index in [-0.39, 0.29) is 5.91 Å². The highest BCUT2D eigenvalue weighted by Gasteiger charge is 2.02. The standard InChI is InChI=1S/C15H22N2O/c1-12(2)9-17-15(18)11-16-10-13(3)14-7-5-4-6-8-14/h4-8,12,16H,3,9-11H2,1-2H3,(H,17,18). The quantitative estimate of drug-likeness (QED) is 0.773. The third-order valence-electron chi connectivity index (χ3n) is 2.51. The van der Waals surface area contributed by atoms with Crippen LogP contribution in [0.4, 0.5) is 0 Å². The van der Waals surface area contributed by atoms with Gasteiger partial charge in [0.05, 0.1) is 6.54 Å². The molecule has 3 heteroatoms. The highest BCUT2D eigenvalue weighted by atomic mass is 16.1. The molecule has 0 bridgehead atoms. The van der Waals surface area contributed by atoms with Crippen LogP contribution in [-0.2, 0) is 4.79 Å². The summed E-state index contributed by atoms with van der Waals surface area (Å²) in [6.45, 7) is 9.83. The molecule has 0 aliphatic carbocycles. The predicted octanol–water partition coefficient (Wildman–Crippen LogP) is 2.06. The number of hydrogen-bond donors (Lipinski definition) is 2. The average molecular weight is 246 g/mol.